The number of hydrogen-bond donors (Lipinski definition) is 2. The first kappa shape index (κ1) is 18.4. The van der Waals surface area contributed by atoms with E-state index in [2.05, 4.69) is 10.6 Å². The molecule has 0 saturated heterocycles. The topological polar surface area (TPSA) is 85.9 Å². The first-order valence-electron chi connectivity index (χ1n) is 7.87. The molecule has 1 heterocycles. The molecule has 0 radical (unpaired) electrons. The van der Waals surface area contributed by atoms with Crippen LogP contribution in [0.15, 0.2) is 23.1 Å². The van der Waals surface area contributed by atoms with Crippen LogP contribution < -0.4 is 20.1 Å². The number of carbonyl (C=O) groups is 2. The van der Waals surface area contributed by atoms with Gasteiger partial charge in [-0.05, 0) is 31.5 Å². The highest BCUT2D eigenvalue weighted by Crippen LogP contribution is 2.34. The maximum Gasteiger partial charge on any atom is 0.321 e. The Morgan fingerprint density at radius 1 is 1.25 bits per heavy atom. The van der Waals surface area contributed by atoms with Gasteiger partial charge >= 0.3 is 6.03 Å². The van der Waals surface area contributed by atoms with Gasteiger partial charge in [0, 0.05) is 24.7 Å². The highest BCUT2D eigenvalue weighted by atomic mass is 32.2. The molecule has 0 saturated carbocycles. The van der Waals surface area contributed by atoms with Crippen LogP contribution in [0.2, 0.25) is 0 Å². The van der Waals surface area contributed by atoms with Crippen LogP contribution in [0.3, 0.4) is 0 Å². The highest BCUT2D eigenvalue weighted by molar-refractivity contribution is 8.00. The fraction of sp³-hybridized carbons (Fsp3) is 0.500. The quantitative estimate of drug-likeness (QED) is 0.547. The van der Waals surface area contributed by atoms with Crippen LogP contribution in [0.4, 0.5) is 4.79 Å². The standard InChI is InChI=1S/C16H22N2O5S/c1-2-21-7-3-6-17-16(20)18-15(19)11-24-12-4-5-13-14(10-12)23-9-8-22-13/h4-5,10H,2-3,6-9,11H2,1H3,(H2,17,18,19,20). The molecule has 0 unspecified atom stereocenters. The third kappa shape index (κ3) is 6.29. The van der Waals surface area contributed by atoms with Gasteiger partial charge in [0.25, 0.3) is 0 Å². The molecule has 0 fully saturated rings. The van der Waals surface area contributed by atoms with Gasteiger partial charge in [-0.15, -0.1) is 11.8 Å². The van der Waals surface area contributed by atoms with Gasteiger partial charge in [0.15, 0.2) is 11.5 Å². The predicted octanol–water partition coefficient (Wildman–Crippen LogP) is 1.80. The van der Waals surface area contributed by atoms with Gasteiger partial charge in [-0.1, -0.05) is 0 Å². The number of ether oxygens (including phenoxy) is 3. The lowest BCUT2D eigenvalue weighted by molar-refractivity contribution is -0.117. The van der Waals surface area contributed by atoms with E-state index in [4.69, 9.17) is 14.2 Å². The van der Waals surface area contributed by atoms with Crippen LogP contribution in [0.1, 0.15) is 13.3 Å². The molecule has 0 aromatic heterocycles. The molecule has 2 rings (SSSR count). The van der Waals surface area contributed by atoms with Crippen LogP contribution >= 0.6 is 11.8 Å². The Morgan fingerprint density at radius 3 is 2.83 bits per heavy atom. The minimum atomic E-state index is -0.487. The molecule has 8 heteroatoms. The second-order valence-electron chi connectivity index (χ2n) is 4.95. The molecule has 2 N–H and O–H groups in total. The van der Waals surface area contributed by atoms with Crippen LogP contribution in [-0.4, -0.2) is 50.7 Å². The largest absolute Gasteiger partial charge is 0.486 e. The fourth-order valence-corrected chi connectivity index (χ4v) is 2.71. The molecule has 7 nitrogen and oxygen atoms in total. The predicted molar refractivity (Wildman–Crippen MR) is 90.8 cm³/mol. The Bertz CT molecular complexity index is 567. The van der Waals surface area contributed by atoms with Crippen molar-refractivity contribution in [1.82, 2.24) is 10.6 Å². The van der Waals surface area contributed by atoms with Crippen molar-refractivity contribution in [1.29, 1.82) is 0 Å². The molecule has 1 aliphatic heterocycles. The van der Waals surface area contributed by atoms with E-state index in [1.54, 1.807) is 0 Å². The molecular formula is C16H22N2O5S. The Labute approximate surface area is 145 Å². The summed E-state index contributed by atoms with van der Waals surface area (Å²) in [6.45, 7) is 4.69. The van der Waals surface area contributed by atoms with Crippen molar-refractivity contribution in [3.63, 3.8) is 0 Å². The van der Waals surface area contributed by atoms with Crippen molar-refractivity contribution in [2.75, 3.05) is 38.7 Å². The van der Waals surface area contributed by atoms with E-state index in [-0.39, 0.29) is 11.7 Å². The third-order valence-electron chi connectivity index (χ3n) is 3.09. The maximum atomic E-state index is 11.8. The van der Waals surface area contributed by atoms with Gasteiger partial charge < -0.3 is 19.5 Å². The summed E-state index contributed by atoms with van der Waals surface area (Å²) in [6, 6.07) is 5.03. The summed E-state index contributed by atoms with van der Waals surface area (Å²) >= 11 is 1.33. The number of carbonyl (C=O) groups excluding carboxylic acids is 2. The number of nitrogens with one attached hydrogen (secondary N) is 2. The zero-order valence-electron chi connectivity index (χ0n) is 13.6. The smallest absolute Gasteiger partial charge is 0.321 e. The number of thioether (sulfide) groups is 1. The van der Waals surface area contributed by atoms with Crippen molar-refractivity contribution in [2.24, 2.45) is 0 Å². The number of hydrogen-bond acceptors (Lipinski definition) is 6. The van der Waals surface area contributed by atoms with Crippen molar-refractivity contribution in [3.8, 4) is 11.5 Å². The second-order valence-corrected chi connectivity index (χ2v) is 6.00. The summed E-state index contributed by atoms with van der Waals surface area (Å²) in [5.41, 5.74) is 0. The summed E-state index contributed by atoms with van der Waals surface area (Å²) < 4.78 is 16.1. The van der Waals surface area contributed by atoms with Crippen LogP contribution in [0, 0.1) is 0 Å². The van der Waals surface area contributed by atoms with Crippen molar-refractivity contribution in [3.05, 3.63) is 18.2 Å². The van der Waals surface area contributed by atoms with Gasteiger partial charge in [0.05, 0.1) is 5.75 Å². The summed E-state index contributed by atoms with van der Waals surface area (Å²) in [5, 5.41) is 4.91. The summed E-state index contributed by atoms with van der Waals surface area (Å²) in [5.74, 6) is 1.18. The molecule has 1 aliphatic rings. The third-order valence-corrected chi connectivity index (χ3v) is 4.09. The Balaban J connectivity index is 1.66. The number of imide groups is 1. The van der Waals surface area contributed by atoms with E-state index >= 15 is 0 Å². The minimum absolute atomic E-state index is 0.145. The average molecular weight is 354 g/mol. The van der Waals surface area contributed by atoms with Gasteiger partial charge in [-0.3, -0.25) is 10.1 Å². The van der Waals surface area contributed by atoms with Gasteiger partial charge in [-0.25, -0.2) is 4.79 Å². The number of fused-ring (bicyclic) bond motifs is 1. The summed E-state index contributed by atoms with van der Waals surface area (Å²) in [6.07, 6.45) is 0.710. The zero-order chi connectivity index (χ0) is 17.2. The maximum absolute atomic E-state index is 11.8. The van der Waals surface area contributed by atoms with E-state index in [1.807, 2.05) is 25.1 Å². The molecule has 0 bridgehead atoms. The Hall–Kier alpha value is -1.93. The van der Waals surface area contributed by atoms with E-state index in [0.717, 1.165) is 4.90 Å². The van der Waals surface area contributed by atoms with Crippen LogP contribution in [-0.2, 0) is 9.53 Å². The Kier molecular flexibility index (Phi) is 7.70. The van der Waals surface area contributed by atoms with E-state index in [9.17, 15) is 9.59 Å². The average Bonchev–Trinajstić information content (AvgIpc) is 2.59. The van der Waals surface area contributed by atoms with E-state index in [1.165, 1.54) is 11.8 Å². The van der Waals surface area contributed by atoms with Gasteiger partial charge in [-0.2, -0.15) is 0 Å². The van der Waals surface area contributed by atoms with Crippen LogP contribution in [0.5, 0.6) is 11.5 Å². The first-order chi connectivity index (χ1) is 11.7. The monoisotopic (exact) mass is 354 g/mol. The molecule has 132 valence electrons. The molecule has 1 aromatic carbocycles. The molecule has 1 aromatic rings. The van der Waals surface area contributed by atoms with E-state index in [0.29, 0.717) is 50.9 Å². The normalized spacial score (nSPS) is 12.5. The van der Waals surface area contributed by atoms with Crippen molar-refractivity contribution in [2.45, 2.75) is 18.2 Å². The zero-order valence-corrected chi connectivity index (χ0v) is 14.4. The van der Waals surface area contributed by atoms with Gasteiger partial charge in [0.2, 0.25) is 5.91 Å². The van der Waals surface area contributed by atoms with Crippen molar-refractivity contribution >= 4 is 23.7 Å². The number of amides is 3. The number of rotatable bonds is 8. The lowest BCUT2D eigenvalue weighted by atomic mass is 10.3. The van der Waals surface area contributed by atoms with Gasteiger partial charge in [0.1, 0.15) is 13.2 Å². The molecule has 0 aliphatic carbocycles. The molecule has 3 amide bonds. The molecule has 0 spiro atoms. The number of benzene rings is 1. The SMILES string of the molecule is CCOCCCNC(=O)NC(=O)CSc1ccc2c(c1)OCCO2. The lowest BCUT2D eigenvalue weighted by Gasteiger charge is -2.18. The molecular weight excluding hydrogens is 332 g/mol. The van der Waals surface area contributed by atoms with Crippen molar-refractivity contribution < 1.29 is 23.8 Å². The summed E-state index contributed by atoms with van der Waals surface area (Å²) in [7, 11) is 0. The fourth-order valence-electron chi connectivity index (χ4n) is 1.99. The lowest BCUT2D eigenvalue weighted by Crippen LogP contribution is -2.40. The van der Waals surface area contributed by atoms with Crippen LogP contribution in [0.25, 0.3) is 0 Å². The molecule has 24 heavy (non-hydrogen) atoms. The second kappa shape index (κ2) is 10.0. The summed E-state index contributed by atoms with van der Waals surface area (Å²) in [4.78, 5) is 24.2. The highest BCUT2D eigenvalue weighted by Gasteiger charge is 2.13. The van der Waals surface area contributed by atoms with E-state index < -0.39 is 6.03 Å². The minimum Gasteiger partial charge on any atom is -0.486 e. The number of urea groups is 1. The Morgan fingerprint density at radius 2 is 2.04 bits per heavy atom. The molecule has 0 atom stereocenters. The first-order valence-corrected chi connectivity index (χ1v) is 8.85.